The number of aliphatic carboxylic acids is 1. The lowest BCUT2D eigenvalue weighted by Gasteiger charge is -2.15. The first kappa shape index (κ1) is 13.1. The number of carboxylic acids is 1. The summed E-state index contributed by atoms with van der Waals surface area (Å²) in [7, 11) is 0. The lowest BCUT2D eigenvalue weighted by Crippen LogP contribution is -2.42. The zero-order valence-electron chi connectivity index (χ0n) is 10.9. The summed E-state index contributed by atoms with van der Waals surface area (Å²) in [5.74, 6) is -1.38. The normalized spacial score (nSPS) is 12.3. The Bertz CT molecular complexity index is 631. The van der Waals surface area contributed by atoms with Gasteiger partial charge in [-0.25, -0.2) is 4.79 Å². The quantitative estimate of drug-likeness (QED) is 0.876. The molecule has 0 fully saturated rings. The molecule has 1 heterocycles. The van der Waals surface area contributed by atoms with Gasteiger partial charge in [0.15, 0.2) is 0 Å². The number of nitrogens with zero attached hydrogens (tertiary/aromatic N) is 1. The fourth-order valence-electron chi connectivity index (χ4n) is 2.16. The lowest BCUT2D eigenvalue weighted by molar-refractivity contribution is -0.141. The Hall–Kier alpha value is -2.30. The van der Waals surface area contributed by atoms with Crippen LogP contribution >= 0.6 is 0 Å². The van der Waals surface area contributed by atoms with E-state index in [1.165, 1.54) is 6.92 Å². The minimum absolute atomic E-state index is 0.210. The number of aryl methyl sites for hydroxylation is 1. The predicted octanol–water partition coefficient (Wildman–Crippen LogP) is 1.54. The summed E-state index contributed by atoms with van der Waals surface area (Å²) in [5, 5.41) is 12.6. The molecule has 0 aliphatic carbocycles. The largest absolute Gasteiger partial charge is 0.480 e. The third-order valence-electron chi connectivity index (χ3n) is 3.09. The molecule has 0 saturated carbocycles. The van der Waals surface area contributed by atoms with Crippen LogP contribution in [0.15, 0.2) is 30.5 Å². The second kappa shape index (κ2) is 5.14. The van der Waals surface area contributed by atoms with E-state index in [0.717, 1.165) is 16.5 Å². The number of carboxylic acid groups (broad SMARTS) is 1. The maximum Gasteiger partial charge on any atom is 0.328 e. The van der Waals surface area contributed by atoms with Crippen LogP contribution in [0.5, 0.6) is 0 Å². The topological polar surface area (TPSA) is 71.3 Å². The molecule has 5 nitrogen and oxygen atoms in total. The number of aromatic nitrogens is 1. The van der Waals surface area contributed by atoms with E-state index in [1.54, 1.807) is 0 Å². The van der Waals surface area contributed by atoms with Crippen molar-refractivity contribution in [3.8, 4) is 0 Å². The van der Waals surface area contributed by atoms with Crippen molar-refractivity contribution in [2.45, 2.75) is 26.4 Å². The van der Waals surface area contributed by atoms with Crippen LogP contribution in [0.4, 0.5) is 0 Å². The molecule has 0 bridgehead atoms. The number of benzene rings is 1. The van der Waals surface area contributed by atoms with Crippen LogP contribution in [0.25, 0.3) is 10.9 Å². The van der Waals surface area contributed by atoms with E-state index in [4.69, 9.17) is 5.11 Å². The third kappa shape index (κ3) is 2.76. The first-order valence-electron chi connectivity index (χ1n) is 6.03. The minimum Gasteiger partial charge on any atom is -0.480 e. The van der Waals surface area contributed by atoms with E-state index in [9.17, 15) is 9.59 Å². The molecule has 2 aromatic rings. The van der Waals surface area contributed by atoms with Gasteiger partial charge in [0.2, 0.25) is 5.91 Å². The Labute approximate surface area is 110 Å². The van der Waals surface area contributed by atoms with Crippen molar-refractivity contribution in [2.24, 2.45) is 0 Å². The molecule has 1 atom stereocenters. The molecule has 0 aliphatic rings. The molecule has 1 aromatic carbocycles. The monoisotopic (exact) mass is 260 g/mol. The molecule has 0 saturated heterocycles. The number of fused-ring (bicyclic) bond motifs is 1. The summed E-state index contributed by atoms with van der Waals surface area (Å²) in [4.78, 5) is 22.2. The number of hydrogen-bond donors (Lipinski definition) is 2. The molecule has 1 unspecified atom stereocenters. The fraction of sp³-hybridized carbons (Fsp3) is 0.286. The van der Waals surface area contributed by atoms with Gasteiger partial charge in [-0.2, -0.15) is 0 Å². The van der Waals surface area contributed by atoms with Gasteiger partial charge in [0, 0.05) is 24.0 Å². The summed E-state index contributed by atoms with van der Waals surface area (Å²) in [6.45, 7) is 3.53. The van der Waals surface area contributed by atoms with Crippen molar-refractivity contribution < 1.29 is 14.7 Å². The highest BCUT2D eigenvalue weighted by Crippen LogP contribution is 2.19. The maximum atomic E-state index is 11.1. The predicted molar refractivity (Wildman–Crippen MR) is 71.9 cm³/mol. The fourth-order valence-corrected chi connectivity index (χ4v) is 2.16. The molecule has 2 rings (SSSR count). The first-order valence-corrected chi connectivity index (χ1v) is 6.03. The Kier molecular flexibility index (Phi) is 3.55. The summed E-state index contributed by atoms with van der Waals surface area (Å²) >= 11 is 0. The average molecular weight is 260 g/mol. The van der Waals surface area contributed by atoms with Gasteiger partial charge in [-0.3, -0.25) is 4.79 Å². The van der Waals surface area contributed by atoms with Gasteiger partial charge >= 0.3 is 5.97 Å². The lowest BCUT2D eigenvalue weighted by atomic mass is 10.1. The molecule has 2 N–H and O–H groups in total. The molecule has 19 heavy (non-hydrogen) atoms. The Morgan fingerprint density at radius 2 is 2.11 bits per heavy atom. The van der Waals surface area contributed by atoms with Crippen LogP contribution in [0.2, 0.25) is 0 Å². The van der Waals surface area contributed by atoms with Gasteiger partial charge in [0.25, 0.3) is 0 Å². The SMILES string of the molecule is CC(=O)NC(Cn1ccc2c(C)cccc21)C(=O)O. The molecule has 0 spiro atoms. The molecule has 1 aromatic heterocycles. The van der Waals surface area contributed by atoms with E-state index in [1.807, 2.05) is 42.0 Å². The van der Waals surface area contributed by atoms with Crippen molar-refractivity contribution >= 4 is 22.8 Å². The van der Waals surface area contributed by atoms with E-state index in [-0.39, 0.29) is 12.5 Å². The number of rotatable bonds is 4. The van der Waals surface area contributed by atoms with Crippen LogP contribution in [0.3, 0.4) is 0 Å². The van der Waals surface area contributed by atoms with Crippen molar-refractivity contribution in [1.82, 2.24) is 9.88 Å². The van der Waals surface area contributed by atoms with Crippen molar-refractivity contribution in [3.05, 3.63) is 36.0 Å². The molecule has 100 valence electrons. The zero-order valence-corrected chi connectivity index (χ0v) is 10.9. The van der Waals surface area contributed by atoms with Crippen LogP contribution in [-0.2, 0) is 16.1 Å². The first-order chi connectivity index (χ1) is 8.99. The summed E-state index contributed by atoms with van der Waals surface area (Å²) in [5.41, 5.74) is 2.11. The van der Waals surface area contributed by atoms with E-state index in [0.29, 0.717) is 0 Å². The second-order valence-electron chi connectivity index (χ2n) is 4.57. The van der Waals surface area contributed by atoms with Gasteiger partial charge in [-0.1, -0.05) is 12.1 Å². The van der Waals surface area contributed by atoms with Gasteiger partial charge in [-0.05, 0) is 24.6 Å². The van der Waals surface area contributed by atoms with Gasteiger partial charge < -0.3 is 15.0 Å². The highest BCUT2D eigenvalue weighted by atomic mass is 16.4. The highest BCUT2D eigenvalue weighted by molar-refractivity contribution is 5.85. The van der Waals surface area contributed by atoms with Crippen molar-refractivity contribution in [3.63, 3.8) is 0 Å². The summed E-state index contributed by atoms with van der Waals surface area (Å²) < 4.78 is 1.84. The van der Waals surface area contributed by atoms with Crippen LogP contribution in [-0.4, -0.2) is 27.6 Å². The van der Waals surface area contributed by atoms with Gasteiger partial charge in [0.05, 0.1) is 6.54 Å². The van der Waals surface area contributed by atoms with Gasteiger partial charge in [-0.15, -0.1) is 0 Å². The number of carbonyl (C=O) groups is 2. The van der Waals surface area contributed by atoms with Crippen LogP contribution in [0.1, 0.15) is 12.5 Å². The smallest absolute Gasteiger partial charge is 0.328 e. The number of carbonyl (C=O) groups excluding carboxylic acids is 1. The molecule has 0 aliphatic heterocycles. The van der Waals surface area contributed by atoms with Crippen molar-refractivity contribution in [1.29, 1.82) is 0 Å². The van der Waals surface area contributed by atoms with E-state index < -0.39 is 12.0 Å². The molecule has 5 heteroatoms. The molecular formula is C14H16N2O3. The molecular weight excluding hydrogens is 244 g/mol. The van der Waals surface area contributed by atoms with Crippen molar-refractivity contribution in [2.75, 3.05) is 0 Å². The maximum absolute atomic E-state index is 11.1. The van der Waals surface area contributed by atoms with Crippen LogP contribution in [0, 0.1) is 6.92 Å². The Morgan fingerprint density at radius 1 is 1.37 bits per heavy atom. The molecule has 1 amide bonds. The van der Waals surface area contributed by atoms with Gasteiger partial charge in [0.1, 0.15) is 6.04 Å². The minimum atomic E-state index is -1.04. The number of amides is 1. The van der Waals surface area contributed by atoms with E-state index in [2.05, 4.69) is 5.32 Å². The molecule has 0 radical (unpaired) electrons. The summed E-state index contributed by atoms with van der Waals surface area (Å²) in [6, 6.07) is 6.91. The van der Waals surface area contributed by atoms with Crippen LogP contribution < -0.4 is 5.32 Å². The summed E-state index contributed by atoms with van der Waals surface area (Å²) in [6.07, 6.45) is 1.84. The Morgan fingerprint density at radius 3 is 2.74 bits per heavy atom. The third-order valence-corrected chi connectivity index (χ3v) is 3.09. The standard InChI is InChI=1S/C14H16N2O3/c1-9-4-3-5-13-11(9)6-7-16(13)8-12(14(18)19)15-10(2)17/h3-7,12H,8H2,1-2H3,(H,15,17)(H,18,19). The average Bonchev–Trinajstić information content (AvgIpc) is 2.72. The zero-order chi connectivity index (χ0) is 14.0. The second-order valence-corrected chi connectivity index (χ2v) is 4.57. The number of hydrogen-bond acceptors (Lipinski definition) is 2. The van der Waals surface area contributed by atoms with E-state index >= 15 is 0 Å². The Balaban J connectivity index is 2.31. The highest BCUT2D eigenvalue weighted by Gasteiger charge is 2.19. The number of nitrogens with one attached hydrogen (secondary N) is 1.